The zero-order valence-electron chi connectivity index (χ0n) is 12.3. The van der Waals surface area contributed by atoms with Gasteiger partial charge in [-0.2, -0.15) is 0 Å². The van der Waals surface area contributed by atoms with Crippen molar-refractivity contribution in [3.8, 4) is 0 Å². The van der Waals surface area contributed by atoms with E-state index in [0.717, 1.165) is 11.8 Å². The topological polar surface area (TPSA) is 12.0 Å². The fourth-order valence-electron chi connectivity index (χ4n) is 2.68. The highest BCUT2D eigenvalue weighted by atomic mass is 32.2. The van der Waals surface area contributed by atoms with Crippen molar-refractivity contribution in [2.75, 3.05) is 6.54 Å². The highest BCUT2D eigenvalue weighted by Crippen LogP contribution is 2.36. The van der Waals surface area contributed by atoms with Gasteiger partial charge >= 0.3 is 0 Å². The van der Waals surface area contributed by atoms with Crippen molar-refractivity contribution in [3.63, 3.8) is 0 Å². The normalized spacial score (nSPS) is 19.4. The molecule has 0 fully saturated rings. The van der Waals surface area contributed by atoms with Gasteiger partial charge in [-0.1, -0.05) is 50.8 Å². The molecule has 2 heteroatoms. The van der Waals surface area contributed by atoms with Gasteiger partial charge in [0.15, 0.2) is 0 Å². The fraction of sp³-hybridized carbons (Fsp3) is 0.647. The minimum absolute atomic E-state index is 0.668. The van der Waals surface area contributed by atoms with Crippen LogP contribution in [0.2, 0.25) is 0 Å². The van der Waals surface area contributed by atoms with Crippen LogP contribution in [0, 0.1) is 0 Å². The van der Waals surface area contributed by atoms with Gasteiger partial charge in [-0.3, -0.25) is 0 Å². The van der Waals surface area contributed by atoms with Crippen LogP contribution in [-0.2, 0) is 6.42 Å². The lowest BCUT2D eigenvalue weighted by molar-refractivity contribution is 0.482. The summed E-state index contributed by atoms with van der Waals surface area (Å²) < 4.78 is 0. The third kappa shape index (κ3) is 4.85. The molecule has 1 aliphatic heterocycles. The van der Waals surface area contributed by atoms with Gasteiger partial charge in [-0.05, 0) is 31.4 Å². The highest BCUT2D eigenvalue weighted by Gasteiger charge is 2.21. The van der Waals surface area contributed by atoms with E-state index < -0.39 is 0 Å². The van der Waals surface area contributed by atoms with Crippen LogP contribution in [0.3, 0.4) is 0 Å². The Labute approximate surface area is 122 Å². The van der Waals surface area contributed by atoms with Gasteiger partial charge < -0.3 is 5.32 Å². The molecule has 1 heterocycles. The van der Waals surface area contributed by atoms with Crippen LogP contribution < -0.4 is 5.32 Å². The van der Waals surface area contributed by atoms with E-state index in [4.69, 9.17) is 0 Å². The van der Waals surface area contributed by atoms with Gasteiger partial charge in [0.05, 0.1) is 0 Å². The first-order valence-corrected chi connectivity index (χ1v) is 8.65. The molecule has 0 bridgehead atoms. The first-order chi connectivity index (χ1) is 9.29. The van der Waals surface area contributed by atoms with E-state index in [0.29, 0.717) is 6.04 Å². The van der Waals surface area contributed by atoms with E-state index in [1.165, 1.54) is 49.0 Å². The molecular formula is C17H27NS. The van der Waals surface area contributed by atoms with Gasteiger partial charge in [0.2, 0.25) is 0 Å². The molecule has 2 atom stereocenters. The molecule has 1 aromatic carbocycles. The summed E-state index contributed by atoms with van der Waals surface area (Å²) in [5.74, 6) is 0. The van der Waals surface area contributed by atoms with Crippen molar-refractivity contribution < 1.29 is 0 Å². The molecule has 2 unspecified atom stereocenters. The maximum Gasteiger partial charge on any atom is 0.0260 e. The van der Waals surface area contributed by atoms with Gasteiger partial charge in [0.25, 0.3) is 0 Å². The SMILES string of the molecule is CCCCCCC(C)NCC1Cc2ccccc2S1. The second-order valence-corrected chi connectivity index (χ2v) is 7.05. The van der Waals surface area contributed by atoms with Crippen LogP contribution >= 0.6 is 11.8 Å². The molecule has 0 saturated heterocycles. The van der Waals surface area contributed by atoms with E-state index in [9.17, 15) is 0 Å². The minimum atomic E-state index is 0.668. The number of hydrogen-bond donors (Lipinski definition) is 1. The molecule has 0 radical (unpaired) electrons. The first kappa shape index (κ1) is 14.9. The van der Waals surface area contributed by atoms with Crippen LogP contribution in [0.5, 0.6) is 0 Å². The lowest BCUT2D eigenvalue weighted by atomic mass is 10.1. The standard InChI is InChI=1S/C17H27NS/c1-3-4-5-6-9-14(2)18-13-16-12-15-10-7-8-11-17(15)19-16/h7-8,10-11,14,16,18H,3-6,9,12-13H2,1-2H3. The number of benzene rings is 1. The summed E-state index contributed by atoms with van der Waals surface area (Å²) in [6, 6.07) is 9.51. The summed E-state index contributed by atoms with van der Waals surface area (Å²) in [7, 11) is 0. The predicted octanol–water partition coefficient (Wildman–Crippen LogP) is 4.65. The van der Waals surface area contributed by atoms with Crippen molar-refractivity contribution in [2.24, 2.45) is 0 Å². The molecule has 0 amide bonds. The van der Waals surface area contributed by atoms with E-state index in [-0.39, 0.29) is 0 Å². The first-order valence-electron chi connectivity index (χ1n) is 7.77. The molecule has 0 spiro atoms. The van der Waals surface area contributed by atoms with Gasteiger partial charge in [-0.15, -0.1) is 11.8 Å². The van der Waals surface area contributed by atoms with Crippen molar-refractivity contribution in [2.45, 2.75) is 68.6 Å². The monoisotopic (exact) mass is 277 g/mol. The van der Waals surface area contributed by atoms with Crippen LogP contribution in [0.15, 0.2) is 29.2 Å². The Bertz CT molecular complexity index is 352. The summed E-state index contributed by atoms with van der Waals surface area (Å²) in [5, 5.41) is 4.45. The molecule has 0 saturated carbocycles. The smallest absolute Gasteiger partial charge is 0.0260 e. The third-order valence-electron chi connectivity index (χ3n) is 3.90. The Morgan fingerprint density at radius 3 is 2.89 bits per heavy atom. The molecular weight excluding hydrogens is 250 g/mol. The number of unbranched alkanes of at least 4 members (excludes halogenated alkanes) is 3. The van der Waals surface area contributed by atoms with Crippen LogP contribution in [0.25, 0.3) is 0 Å². The second-order valence-electron chi connectivity index (χ2n) is 5.71. The third-order valence-corrected chi connectivity index (χ3v) is 5.22. The van der Waals surface area contributed by atoms with E-state index in [2.05, 4.69) is 43.4 Å². The molecule has 19 heavy (non-hydrogen) atoms. The summed E-state index contributed by atoms with van der Waals surface area (Å²) >= 11 is 2.05. The van der Waals surface area contributed by atoms with Crippen LogP contribution in [0.4, 0.5) is 0 Å². The summed E-state index contributed by atoms with van der Waals surface area (Å²) in [5.41, 5.74) is 1.54. The number of fused-ring (bicyclic) bond motifs is 1. The second kappa shape index (κ2) is 7.96. The molecule has 1 aliphatic rings. The van der Waals surface area contributed by atoms with Crippen molar-refractivity contribution in [1.82, 2.24) is 5.32 Å². The van der Waals surface area contributed by atoms with E-state index >= 15 is 0 Å². The Hall–Kier alpha value is -0.470. The van der Waals surface area contributed by atoms with Gasteiger partial charge in [-0.25, -0.2) is 0 Å². The number of rotatable bonds is 8. The van der Waals surface area contributed by atoms with Crippen LogP contribution in [0.1, 0.15) is 51.5 Å². The number of thioether (sulfide) groups is 1. The zero-order valence-corrected chi connectivity index (χ0v) is 13.1. The number of hydrogen-bond acceptors (Lipinski definition) is 2. The van der Waals surface area contributed by atoms with Crippen molar-refractivity contribution >= 4 is 11.8 Å². The summed E-state index contributed by atoms with van der Waals surface area (Å²) in [6.07, 6.45) is 8.05. The molecule has 2 rings (SSSR count). The van der Waals surface area contributed by atoms with Gasteiger partial charge in [0.1, 0.15) is 0 Å². The molecule has 1 nitrogen and oxygen atoms in total. The van der Waals surface area contributed by atoms with Gasteiger partial charge in [0, 0.05) is 22.7 Å². The minimum Gasteiger partial charge on any atom is -0.313 e. The molecule has 1 N–H and O–H groups in total. The number of nitrogens with one attached hydrogen (secondary N) is 1. The molecule has 1 aromatic rings. The Morgan fingerprint density at radius 1 is 1.26 bits per heavy atom. The van der Waals surface area contributed by atoms with Crippen LogP contribution in [-0.4, -0.2) is 17.8 Å². The molecule has 0 aliphatic carbocycles. The van der Waals surface area contributed by atoms with E-state index in [1.807, 2.05) is 11.8 Å². The Balaban J connectivity index is 1.62. The highest BCUT2D eigenvalue weighted by molar-refractivity contribution is 8.00. The average Bonchev–Trinajstić information content (AvgIpc) is 2.84. The summed E-state index contributed by atoms with van der Waals surface area (Å²) in [4.78, 5) is 1.49. The maximum atomic E-state index is 3.72. The average molecular weight is 277 g/mol. The molecule has 0 aromatic heterocycles. The van der Waals surface area contributed by atoms with E-state index in [1.54, 1.807) is 0 Å². The zero-order chi connectivity index (χ0) is 13.5. The molecule has 106 valence electrons. The lowest BCUT2D eigenvalue weighted by Gasteiger charge is -2.16. The fourth-order valence-corrected chi connectivity index (χ4v) is 3.94. The Morgan fingerprint density at radius 2 is 2.11 bits per heavy atom. The van der Waals surface area contributed by atoms with Crippen molar-refractivity contribution in [1.29, 1.82) is 0 Å². The lowest BCUT2D eigenvalue weighted by Crippen LogP contribution is -2.32. The quantitative estimate of drug-likeness (QED) is 0.694. The largest absolute Gasteiger partial charge is 0.313 e. The van der Waals surface area contributed by atoms with Crippen molar-refractivity contribution in [3.05, 3.63) is 29.8 Å². The Kier molecular flexibility index (Phi) is 6.25. The maximum absolute atomic E-state index is 3.72. The summed E-state index contributed by atoms with van der Waals surface area (Å²) in [6.45, 7) is 5.75. The predicted molar refractivity (Wildman–Crippen MR) is 86.0 cm³/mol.